The highest BCUT2D eigenvalue weighted by atomic mass is 32.2. The summed E-state index contributed by atoms with van der Waals surface area (Å²) in [6, 6.07) is 25.5. The van der Waals surface area contributed by atoms with Crippen molar-refractivity contribution >= 4 is 79.3 Å². The Bertz CT molecular complexity index is 1600. The zero-order chi connectivity index (χ0) is 27.0. The van der Waals surface area contributed by atoms with Crippen LogP contribution in [0, 0.1) is 0 Å². The lowest BCUT2D eigenvalue weighted by molar-refractivity contribution is -0.114. The number of hydrogen-bond donors (Lipinski definition) is 3. The van der Waals surface area contributed by atoms with Crippen LogP contribution in [0.1, 0.15) is 15.9 Å². The standard InChI is InChI=1S/C29H22N4O3S3/c34-26(33-29-32-23-8-4-5-9-25(23)39-29)18-38-22-12-10-21(11-13-22)30-28(36)24(16-19-14-15-37-17-19)31-27(35)20-6-2-1-3-7-20/h1-17H,18H2,(H,30,36)(H,31,35)(H,32,33,34)/b24-16-. The fraction of sp³-hybridized carbons (Fsp3) is 0.0345. The van der Waals surface area contributed by atoms with Crippen LogP contribution in [0.25, 0.3) is 16.3 Å². The Kier molecular flexibility index (Phi) is 8.47. The molecule has 2 heterocycles. The van der Waals surface area contributed by atoms with Gasteiger partial charge in [-0.15, -0.1) is 11.8 Å². The molecule has 0 spiro atoms. The zero-order valence-corrected chi connectivity index (χ0v) is 22.9. The first-order chi connectivity index (χ1) is 19.0. The third-order valence-corrected chi connectivity index (χ3v) is 8.07. The van der Waals surface area contributed by atoms with Crippen LogP contribution in [0.2, 0.25) is 0 Å². The summed E-state index contributed by atoms with van der Waals surface area (Å²) in [5.41, 5.74) is 2.82. The molecule has 3 aromatic carbocycles. The second kappa shape index (κ2) is 12.5. The molecular weight excluding hydrogens is 549 g/mol. The topological polar surface area (TPSA) is 100 Å². The molecule has 3 amide bonds. The van der Waals surface area contributed by atoms with Crippen molar-refractivity contribution in [2.45, 2.75) is 4.90 Å². The van der Waals surface area contributed by atoms with Crippen molar-refractivity contribution in [2.24, 2.45) is 0 Å². The van der Waals surface area contributed by atoms with Crippen LogP contribution < -0.4 is 16.0 Å². The SMILES string of the molecule is O=C(CSc1ccc(NC(=O)/C(=C/c2ccsc2)NC(=O)c2ccccc2)cc1)Nc1nc2ccccc2s1. The van der Waals surface area contributed by atoms with Gasteiger partial charge in [0, 0.05) is 16.1 Å². The zero-order valence-electron chi connectivity index (χ0n) is 20.4. The molecule has 0 saturated carbocycles. The number of thioether (sulfide) groups is 1. The highest BCUT2D eigenvalue weighted by Crippen LogP contribution is 2.26. The largest absolute Gasteiger partial charge is 0.321 e. The minimum atomic E-state index is -0.443. The number of fused-ring (bicyclic) bond motifs is 1. The van der Waals surface area contributed by atoms with E-state index in [1.807, 2.05) is 59.3 Å². The van der Waals surface area contributed by atoms with Gasteiger partial charge in [0.05, 0.1) is 16.0 Å². The molecule has 0 aliphatic carbocycles. The van der Waals surface area contributed by atoms with Crippen molar-refractivity contribution in [2.75, 3.05) is 16.4 Å². The van der Waals surface area contributed by atoms with Gasteiger partial charge >= 0.3 is 0 Å². The lowest BCUT2D eigenvalue weighted by Gasteiger charge is -2.11. The van der Waals surface area contributed by atoms with E-state index in [2.05, 4.69) is 20.9 Å². The second-order valence-corrected chi connectivity index (χ2v) is 11.1. The quantitative estimate of drug-likeness (QED) is 0.139. The highest BCUT2D eigenvalue weighted by molar-refractivity contribution is 8.00. The second-order valence-electron chi connectivity index (χ2n) is 8.24. The van der Waals surface area contributed by atoms with Crippen LogP contribution in [0.15, 0.2) is 106 Å². The number of nitrogens with one attached hydrogen (secondary N) is 3. The number of amides is 3. The summed E-state index contributed by atoms with van der Waals surface area (Å²) in [5, 5.41) is 12.8. The van der Waals surface area contributed by atoms with Gasteiger partial charge in [0.1, 0.15) is 5.70 Å². The van der Waals surface area contributed by atoms with Crippen molar-refractivity contribution in [3.8, 4) is 0 Å². The van der Waals surface area contributed by atoms with Crippen molar-refractivity contribution in [3.63, 3.8) is 0 Å². The average Bonchev–Trinajstić information content (AvgIpc) is 3.62. The number of benzene rings is 3. The normalized spacial score (nSPS) is 11.2. The van der Waals surface area contributed by atoms with E-state index in [1.165, 1.54) is 34.4 Å². The Hall–Kier alpha value is -4.25. The number of thiophene rings is 1. The molecule has 0 unspecified atom stereocenters. The Morgan fingerprint density at radius 2 is 1.64 bits per heavy atom. The number of rotatable bonds is 9. The predicted octanol–water partition coefficient (Wildman–Crippen LogP) is 6.50. The molecule has 0 saturated heterocycles. The van der Waals surface area contributed by atoms with Crippen LogP contribution in [0.4, 0.5) is 10.8 Å². The molecule has 0 aliphatic heterocycles. The molecule has 194 valence electrons. The molecular formula is C29H22N4O3S3. The van der Waals surface area contributed by atoms with Gasteiger partial charge in [-0.1, -0.05) is 41.7 Å². The summed E-state index contributed by atoms with van der Waals surface area (Å²) in [5.74, 6) is -0.737. The fourth-order valence-corrected chi connectivity index (χ4v) is 5.73. The number of nitrogens with zero attached hydrogens (tertiary/aromatic N) is 1. The van der Waals surface area contributed by atoms with E-state index in [4.69, 9.17) is 0 Å². The van der Waals surface area contributed by atoms with E-state index in [0.29, 0.717) is 16.4 Å². The maximum Gasteiger partial charge on any atom is 0.272 e. The predicted molar refractivity (Wildman–Crippen MR) is 160 cm³/mol. The van der Waals surface area contributed by atoms with Crippen LogP contribution >= 0.6 is 34.4 Å². The molecule has 10 heteroatoms. The number of aromatic nitrogens is 1. The Balaban J connectivity index is 1.18. The molecule has 0 radical (unpaired) electrons. The fourth-order valence-electron chi connectivity index (χ4n) is 3.53. The number of anilines is 2. The van der Waals surface area contributed by atoms with Crippen molar-refractivity contribution in [3.05, 3.63) is 113 Å². The molecule has 5 aromatic rings. The van der Waals surface area contributed by atoms with E-state index >= 15 is 0 Å². The van der Waals surface area contributed by atoms with Gasteiger partial charge < -0.3 is 16.0 Å². The van der Waals surface area contributed by atoms with Crippen LogP contribution in [-0.2, 0) is 9.59 Å². The minimum absolute atomic E-state index is 0.132. The van der Waals surface area contributed by atoms with Gasteiger partial charge in [-0.3, -0.25) is 14.4 Å². The van der Waals surface area contributed by atoms with Crippen LogP contribution in [-0.4, -0.2) is 28.5 Å². The monoisotopic (exact) mass is 570 g/mol. The number of para-hydroxylation sites is 1. The van der Waals surface area contributed by atoms with Gasteiger partial charge in [0.25, 0.3) is 11.8 Å². The molecule has 0 aliphatic rings. The van der Waals surface area contributed by atoms with Crippen LogP contribution in [0.3, 0.4) is 0 Å². The third kappa shape index (κ3) is 7.20. The first-order valence-electron chi connectivity index (χ1n) is 11.8. The van der Waals surface area contributed by atoms with E-state index < -0.39 is 5.91 Å². The maximum atomic E-state index is 13.1. The van der Waals surface area contributed by atoms with Crippen molar-refractivity contribution in [1.29, 1.82) is 0 Å². The van der Waals surface area contributed by atoms with Crippen molar-refractivity contribution < 1.29 is 14.4 Å². The third-order valence-electron chi connectivity index (χ3n) is 5.41. The lowest BCUT2D eigenvalue weighted by atomic mass is 10.2. The molecule has 7 nitrogen and oxygen atoms in total. The first kappa shape index (κ1) is 26.4. The summed E-state index contributed by atoms with van der Waals surface area (Å²) < 4.78 is 1.02. The number of carbonyl (C=O) groups is 3. The summed E-state index contributed by atoms with van der Waals surface area (Å²) in [4.78, 5) is 43.5. The first-order valence-corrected chi connectivity index (χ1v) is 14.6. The van der Waals surface area contributed by atoms with E-state index in [9.17, 15) is 14.4 Å². The summed E-state index contributed by atoms with van der Waals surface area (Å²) >= 11 is 4.32. The Morgan fingerprint density at radius 1 is 0.872 bits per heavy atom. The highest BCUT2D eigenvalue weighted by Gasteiger charge is 2.15. The molecule has 5 rings (SSSR count). The Morgan fingerprint density at radius 3 is 2.38 bits per heavy atom. The van der Waals surface area contributed by atoms with Crippen LogP contribution in [0.5, 0.6) is 0 Å². The van der Waals surface area contributed by atoms with E-state index in [0.717, 1.165) is 20.7 Å². The molecule has 0 bridgehead atoms. The van der Waals surface area contributed by atoms with Gasteiger partial charge in [0.2, 0.25) is 5.91 Å². The molecule has 0 fully saturated rings. The molecule has 0 atom stereocenters. The maximum absolute atomic E-state index is 13.1. The van der Waals surface area contributed by atoms with Gasteiger partial charge in [-0.05, 0) is 77.0 Å². The summed E-state index contributed by atoms with van der Waals surface area (Å²) in [6.45, 7) is 0. The summed E-state index contributed by atoms with van der Waals surface area (Å²) in [6.07, 6.45) is 1.64. The Labute approximate surface area is 237 Å². The van der Waals surface area contributed by atoms with Gasteiger partial charge in [-0.25, -0.2) is 4.98 Å². The molecule has 39 heavy (non-hydrogen) atoms. The van der Waals surface area contributed by atoms with Crippen molar-refractivity contribution in [1.82, 2.24) is 10.3 Å². The number of carbonyl (C=O) groups excluding carboxylic acids is 3. The molecule has 3 N–H and O–H groups in total. The van der Waals surface area contributed by atoms with E-state index in [-0.39, 0.29) is 23.3 Å². The molecule has 2 aromatic heterocycles. The number of hydrogen-bond acceptors (Lipinski definition) is 7. The van der Waals surface area contributed by atoms with E-state index in [1.54, 1.807) is 42.5 Å². The lowest BCUT2D eigenvalue weighted by Crippen LogP contribution is -2.30. The number of thiazole rings is 1. The summed E-state index contributed by atoms with van der Waals surface area (Å²) in [7, 11) is 0. The van der Waals surface area contributed by atoms with Gasteiger partial charge in [-0.2, -0.15) is 11.3 Å². The average molecular weight is 571 g/mol. The van der Waals surface area contributed by atoms with Gasteiger partial charge in [0.15, 0.2) is 5.13 Å². The minimum Gasteiger partial charge on any atom is -0.321 e. The smallest absolute Gasteiger partial charge is 0.272 e.